The van der Waals surface area contributed by atoms with Crippen molar-refractivity contribution in [2.45, 2.75) is 38.5 Å². The van der Waals surface area contributed by atoms with Crippen LogP contribution in [0.2, 0.25) is 5.02 Å². The molecule has 0 unspecified atom stereocenters. The first-order valence-corrected chi connectivity index (χ1v) is 12.1. The van der Waals surface area contributed by atoms with Crippen molar-refractivity contribution in [3.05, 3.63) is 70.9 Å². The number of nitrogens with zero attached hydrogens (tertiary/aromatic N) is 3. The minimum atomic E-state index is -0.408. The monoisotopic (exact) mass is 475 g/mol. The highest BCUT2D eigenvalue weighted by Gasteiger charge is 2.32. The standard InChI is InChI=1S/C17H18ClN5O.C10H12/c18-13-9-21-15(20)8-12(13)14-2-1-3-16(23-14)22-11-17(10-19)4-6-24-7-5-17;1-2-6-10-8-4-3-7-9(10)5-1/h1-3,8-9H,4-7,11H2,(H2,20,21)(H,22,23);1-2,5-6H,3-4,7-8H2. The highest BCUT2D eigenvalue weighted by Crippen LogP contribution is 2.31. The number of ether oxygens (including phenoxy) is 1. The number of benzene rings is 1. The van der Waals surface area contributed by atoms with Crippen LogP contribution in [-0.2, 0) is 17.6 Å². The second kappa shape index (κ2) is 11.3. The van der Waals surface area contributed by atoms with Gasteiger partial charge in [0.1, 0.15) is 11.6 Å². The van der Waals surface area contributed by atoms with Gasteiger partial charge in [0.25, 0.3) is 0 Å². The number of fused-ring (bicyclic) bond motifs is 1. The molecule has 6 nitrogen and oxygen atoms in total. The van der Waals surface area contributed by atoms with Crippen molar-refractivity contribution in [3.63, 3.8) is 0 Å². The van der Waals surface area contributed by atoms with Gasteiger partial charge in [-0.05, 0) is 67.9 Å². The molecule has 1 fully saturated rings. The zero-order chi connectivity index (χ0) is 23.8. The Balaban J connectivity index is 0.000000226. The predicted octanol–water partition coefficient (Wildman–Crippen LogP) is 5.68. The predicted molar refractivity (Wildman–Crippen MR) is 137 cm³/mol. The van der Waals surface area contributed by atoms with Crippen LogP contribution >= 0.6 is 11.6 Å². The number of hydrogen-bond acceptors (Lipinski definition) is 6. The van der Waals surface area contributed by atoms with Crippen molar-refractivity contribution in [3.8, 4) is 17.3 Å². The van der Waals surface area contributed by atoms with E-state index in [2.05, 4.69) is 45.6 Å². The molecule has 2 aromatic heterocycles. The maximum Gasteiger partial charge on any atom is 0.126 e. The molecule has 1 aliphatic heterocycles. The van der Waals surface area contributed by atoms with Crippen LogP contribution in [0.15, 0.2) is 54.7 Å². The first kappa shape index (κ1) is 24.0. The van der Waals surface area contributed by atoms with E-state index in [0.717, 1.165) is 18.4 Å². The molecular formula is C27H30ClN5O. The summed E-state index contributed by atoms with van der Waals surface area (Å²) in [5.41, 5.74) is 9.92. The summed E-state index contributed by atoms with van der Waals surface area (Å²) in [6.45, 7) is 1.78. The van der Waals surface area contributed by atoms with Crippen LogP contribution in [0.25, 0.3) is 11.3 Å². The van der Waals surface area contributed by atoms with Gasteiger partial charge in [-0.3, -0.25) is 0 Å². The highest BCUT2D eigenvalue weighted by atomic mass is 35.5. The van der Waals surface area contributed by atoms with Crippen LogP contribution in [0.4, 0.5) is 11.6 Å². The van der Waals surface area contributed by atoms with Crippen LogP contribution in [0.3, 0.4) is 0 Å². The lowest BCUT2D eigenvalue weighted by Gasteiger charge is -2.30. The van der Waals surface area contributed by atoms with E-state index in [1.54, 1.807) is 17.2 Å². The zero-order valence-corrected chi connectivity index (χ0v) is 20.0. The molecule has 1 saturated heterocycles. The Labute approximate surface area is 206 Å². The fourth-order valence-electron chi connectivity index (χ4n) is 4.36. The van der Waals surface area contributed by atoms with E-state index in [9.17, 15) is 5.26 Å². The molecule has 3 heterocycles. The third kappa shape index (κ3) is 6.05. The number of nitrogens with two attached hydrogens (primary N) is 1. The lowest BCUT2D eigenvalue weighted by atomic mass is 9.82. The molecular weight excluding hydrogens is 446 g/mol. The summed E-state index contributed by atoms with van der Waals surface area (Å²) < 4.78 is 5.35. The lowest BCUT2D eigenvalue weighted by Crippen LogP contribution is -2.34. The Hall–Kier alpha value is -3.14. The average Bonchev–Trinajstić information content (AvgIpc) is 2.90. The first-order chi connectivity index (χ1) is 16.6. The number of nitriles is 1. The van der Waals surface area contributed by atoms with Crippen molar-refractivity contribution in [1.82, 2.24) is 9.97 Å². The van der Waals surface area contributed by atoms with Gasteiger partial charge in [-0.25, -0.2) is 9.97 Å². The minimum Gasteiger partial charge on any atom is -0.384 e. The Morgan fingerprint density at radius 2 is 1.76 bits per heavy atom. The molecule has 0 saturated carbocycles. The van der Waals surface area contributed by atoms with Gasteiger partial charge in [0, 0.05) is 31.5 Å². The molecule has 176 valence electrons. The quantitative estimate of drug-likeness (QED) is 0.504. The van der Waals surface area contributed by atoms with E-state index < -0.39 is 5.41 Å². The maximum atomic E-state index is 9.51. The van der Waals surface area contributed by atoms with Gasteiger partial charge in [-0.1, -0.05) is 41.9 Å². The summed E-state index contributed by atoms with van der Waals surface area (Å²) in [4.78, 5) is 8.53. The lowest BCUT2D eigenvalue weighted by molar-refractivity contribution is 0.0455. The summed E-state index contributed by atoms with van der Waals surface area (Å²) in [6.07, 6.45) is 8.34. The minimum absolute atomic E-state index is 0.389. The van der Waals surface area contributed by atoms with E-state index >= 15 is 0 Å². The van der Waals surface area contributed by atoms with E-state index in [4.69, 9.17) is 22.1 Å². The van der Waals surface area contributed by atoms with Crippen molar-refractivity contribution in [2.75, 3.05) is 30.8 Å². The molecule has 0 atom stereocenters. The molecule has 2 aliphatic rings. The molecule has 3 aromatic rings. The molecule has 0 bridgehead atoms. The Morgan fingerprint density at radius 1 is 1.06 bits per heavy atom. The summed E-state index contributed by atoms with van der Waals surface area (Å²) in [5, 5.41) is 13.3. The van der Waals surface area contributed by atoms with E-state index in [0.29, 0.717) is 42.1 Å². The number of anilines is 2. The number of hydrogen-bond donors (Lipinski definition) is 2. The third-order valence-corrected chi connectivity index (χ3v) is 6.76. The molecule has 5 rings (SSSR count). The van der Waals surface area contributed by atoms with E-state index in [1.165, 1.54) is 31.9 Å². The van der Waals surface area contributed by atoms with Gasteiger partial charge < -0.3 is 15.8 Å². The number of nitrogen functional groups attached to an aromatic ring is 1. The molecule has 0 amide bonds. The zero-order valence-electron chi connectivity index (χ0n) is 19.3. The summed E-state index contributed by atoms with van der Waals surface area (Å²) in [6, 6.07) is 18.6. The Bertz CT molecular complexity index is 1130. The largest absolute Gasteiger partial charge is 0.384 e. The summed E-state index contributed by atoms with van der Waals surface area (Å²) in [7, 11) is 0. The third-order valence-electron chi connectivity index (χ3n) is 6.46. The molecule has 1 aliphatic carbocycles. The van der Waals surface area contributed by atoms with Gasteiger partial charge in [-0.2, -0.15) is 5.26 Å². The molecule has 0 spiro atoms. The average molecular weight is 476 g/mol. The van der Waals surface area contributed by atoms with Crippen molar-refractivity contribution in [2.24, 2.45) is 5.41 Å². The topological polar surface area (TPSA) is 96.9 Å². The number of pyridine rings is 2. The van der Waals surface area contributed by atoms with Crippen LogP contribution < -0.4 is 11.1 Å². The van der Waals surface area contributed by atoms with Crippen LogP contribution in [0.5, 0.6) is 0 Å². The number of halogens is 1. The van der Waals surface area contributed by atoms with Gasteiger partial charge in [0.15, 0.2) is 0 Å². The summed E-state index contributed by atoms with van der Waals surface area (Å²) >= 11 is 6.19. The van der Waals surface area contributed by atoms with Gasteiger partial charge in [0.05, 0.1) is 22.2 Å². The van der Waals surface area contributed by atoms with Gasteiger partial charge in [-0.15, -0.1) is 0 Å². The van der Waals surface area contributed by atoms with Crippen LogP contribution in [0, 0.1) is 16.7 Å². The van der Waals surface area contributed by atoms with Crippen LogP contribution in [0.1, 0.15) is 36.8 Å². The second-order valence-corrected chi connectivity index (χ2v) is 9.24. The normalized spacial score (nSPS) is 16.4. The fraction of sp³-hybridized carbons (Fsp3) is 0.370. The molecule has 34 heavy (non-hydrogen) atoms. The molecule has 1 aromatic carbocycles. The van der Waals surface area contributed by atoms with Crippen molar-refractivity contribution >= 4 is 23.2 Å². The Kier molecular flexibility index (Phi) is 7.99. The fourth-order valence-corrected chi connectivity index (χ4v) is 4.56. The van der Waals surface area contributed by atoms with Crippen molar-refractivity contribution < 1.29 is 4.74 Å². The smallest absolute Gasteiger partial charge is 0.126 e. The van der Waals surface area contributed by atoms with E-state index in [-0.39, 0.29) is 0 Å². The number of aryl methyl sites for hydroxylation is 2. The van der Waals surface area contributed by atoms with Gasteiger partial charge >= 0.3 is 0 Å². The number of rotatable bonds is 4. The molecule has 0 radical (unpaired) electrons. The van der Waals surface area contributed by atoms with Crippen molar-refractivity contribution in [1.29, 1.82) is 5.26 Å². The number of aromatic nitrogens is 2. The van der Waals surface area contributed by atoms with Crippen LogP contribution in [-0.4, -0.2) is 29.7 Å². The first-order valence-electron chi connectivity index (χ1n) is 11.8. The second-order valence-electron chi connectivity index (χ2n) is 8.83. The Morgan fingerprint density at radius 3 is 2.44 bits per heavy atom. The van der Waals surface area contributed by atoms with E-state index in [1.807, 2.05) is 18.2 Å². The number of nitrogens with one attached hydrogen (secondary N) is 1. The SMILES string of the molecule is N#CC1(CNc2cccc(-c3cc(N)ncc3Cl)n2)CCOCC1.c1ccc2c(c1)CCCC2. The highest BCUT2D eigenvalue weighted by molar-refractivity contribution is 6.33. The molecule has 7 heteroatoms. The summed E-state index contributed by atoms with van der Waals surface area (Å²) in [5.74, 6) is 1.08. The molecule has 3 N–H and O–H groups in total. The van der Waals surface area contributed by atoms with Gasteiger partial charge in [0.2, 0.25) is 0 Å². The maximum absolute atomic E-state index is 9.51.